The van der Waals surface area contributed by atoms with Crippen LogP contribution in [0.25, 0.3) is 0 Å². The lowest BCUT2D eigenvalue weighted by Crippen LogP contribution is -2.25. The lowest BCUT2D eigenvalue weighted by atomic mass is 10.0. The Morgan fingerprint density at radius 2 is 1.96 bits per heavy atom. The molecular formula is C22H26N2O4. The third kappa shape index (κ3) is 5.09. The van der Waals surface area contributed by atoms with Crippen molar-refractivity contribution in [1.29, 1.82) is 0 Å². The van der Waals surface area contributed by atoms with Crippen LogP contribution in [0.2, 0.25) is 0 Å². The number of hydrogen-bond acceptors (Lipinski definition) is 5. The minimum absolute atomic E-state index is 0.0478. The van der Waals surface area contributed by atoms with Gasteiger partial charge in [0.05, 0.1) is 13.5 Å². The maximum Gasteiger partial charge on any atom is 0.224 e. The number of benzene rings is 1. The molecule has 1 N–H and O–H groups in total. The topological polar surface area (TPSA) is 77.5 Å². The summed E-state index contributed by atoms with van der Waals surface area (Å²) in [5.41, 5.74) is 2.09. The number of Topliss-reactive ketones (excluding diaryl/α,β-unsaturated/α-hetero) is 1. The van der Waals surface area contributed by atoms with Crippen molar-refractivity contribution in [2.24, 2.45) is 0 Å². The second-order valence-electron chi connectivity index (χ2n) is 7.03. The van der Waals surface area contributed by atoms with Gasteiger partial charge in [-0.1, -0.05) is 6.07 Å². The van der Waals surface area contributed by atoms with Crippen LogP contribution in [-0.4, -0.2) is 29.9 Å². The van der Waals surface area contributed by atoms with Crippen molar-refractivity contribution in [3.05, 3.63) is 53.2 Å². The molecule has 1 amide bonds. The summed E-state index contributed by atoms with van der Waals surface area (Å²) >= 11 is 0. The molecule has 0 radical (unpaired) electrons. The van der Waals surface area contributed by atoms with Crippen LogP contribution in [0.3, 0.4) is 0 Å². The molecule has 0 unspecified atom stereocenters. The van der Waals surface area contributed by atoms with Gasteiger partial charge >= 0.3 is 0 Å². The van der Waals surface area contributed by atoms with E-state index in [1.54, 1.807) is 31.5 Å². The van der Waals surface area contributed by atoms with Gasteiger partial charge in [-0.05, 0) is 56.9 Å². The van der Waals surface area contributed by atoms with Crippen molar-refractivity contribution in [2.75, 3.05) is 7.11 Å². The first-order valence-corrected chi connectivity index (χ1v) is 9.62. The number of nitrogens with one attached hydrogen (secondary N) is 1. The molecule has 1 heterocycles. The van der Waals surface area contributed by atoms with Crippen LogP contribution in [0.5, 0.6) is 11.6 Å². The molecule has 1 saturated carbocycles. The van der Waals surface area contributed by atoms with Gasteiger partial charge in [0.2, 0.25) is 11.8 Å². The summed E-state index contributed by atoms with van der Waals surface area (Å²) in [6.07, 6.45) is 6.51. The molecule has 28 heavy (non-hydrogen) atoms. The number of aromatic nitrogens is 1. The first-order chi connectivity index (χ1) is 13.6. The maximum atomic E-state index is 12.5. The van der Waals surface area contributed by atoms with E-state index in [0.717, 1.165) is 18.4 Å². The Kier molecular flexibility index (Phi) is 6.63. The number of nitrogens with zero attached hydrogens (tertiary/aromatic N) is 1. The number of ketones is 1. The Hall–Kier alpha value is -2.89. The second kappa shape index (κ2) is 9.35. The van der Waals surface area contributed by atoms with E-state index in [4.69, 9.17) is 9.47 Å². The molecular weight excluding hydrogens is 356 g/mol. The fraction of sp³-hybridized carbons (Fsp3) is 0.409. The number of carbonyl (C=O) groups excluding carboxylic acids is 2. The zero-order valence-electron chi connectivity index (χ0n) is 16.4. The fourth-order valence-electron chi connectivity index (χ4n) is 3.39. The SMILES string of the molecule is COc1ccc(C(C)=O)cc1CC(=O)NCc1cccnc1OC1CCCC1. The van der Waals surface area contributed by atoms with E-state index < -0.39 is 0 Å². The number of ether oxygens (including phenoxy) is 2. The van der Waals surface area contributed by atoms with E-state index in [1.165, 1.54) is 19.8 Å². The molecule has 0 aliphatic heterocycles. The molecule has 148 valence electrons. The highest BCUT2D eigenvalue weighted by Crippen LogP contribution is 2.25. The predicted molar refractivity (Wildman–Crippen MR) is 106 cm³/mol. The van der Waals surface area contributed by atoms with Crippen molar-refractivity contribution in [3.8, 4) is 11.6 Å². The smallest absolute Gasteiger partial charge is 0.224 e. The van der Waals surface area contributed by atoms with Crippen molar-refractivity contribution < 1.29 is 19.1 Å². The third-order valence-electron chi connectivity index (χ3n) is 4.94. The standard InChI is InChI=1S/C22H26N2O4/c1-15(25)16-9-10-20(27-2)18(12-16)13-21(26)24-14-17-6-5-11-23-22(17)28-19-7-3-4-8-19/h5-6,9-12,19H,3-4,7-8,13-14H2,1-2H3,(H,24,26). The Morgan fingerprint density at radius 1 is 1.18 bits per heavy atom. The number of methoxy groups -OCH3 is 1. The van der Waals surface area contributed by atoms with Crippen LogP contribution in [0.1, 0.15) is 54.1 Å². The van der Waals surface area contributed by atoms with Gasteiger partial charge < -0.3 is 14.8 Å². The molecule has 2 aromatic rings. The molecule has 1 aromatic heterocycles. The molecule has 6 nitrogen and oxygen atoms in total. The highest BCUT2D eigenvalue weighted by molar-refractivity contribution is 5.94. The minimum Gasteiger partial charge on any atom is -0.496 e. The summed E-state index contributed by atoms with van der Waals surface area (Å²) in [5, 5.41) is 2.91. The Balaban J connectivity index is 1.63. The Bertz CT molecular complexity index is 844. The van der Waals surface area contributed by atoms with Gasteiger partial charge in [-0.3, -0.25) is 9.59 Å². The number of pyridine rings is 1. The van der Waals surface area contributed by atoms with E-state index in [9.17, 15) is 9.59 Å². The summed E-state index contributed by atoms with van der Waals surface area (Å²) < 4.78 is 11.3. The van der Waals surface area contributed by atoms with Gasteiger partial charge in [0, 0.05) is 29.4 Å². The van der Waals surface area contributed by atoms with Crippen molar-refractivity contribution in [1.82, 2.24) is 10.3 Å². The van der Waals surface area contributed by atoms with Gasteiger partial charge in [0.15, 0.2) is 5.78 Å². The Morgan fingerprint density at radius 3 is 2.68 bits per heavy atom. The molecule has 1 aliphatic rings. The summed E-state index contributed by atoms with van der Waals surface area (Å²) in [5.74, 6) is 0.973. The number of amides is 1. The number of hydrogen-bond donors (Lipinski definition) is 1. The van der Waals surface area contributed by atoms with Gasteiger partial charge in [-0.15, -0.1) is 0 Å². The zero-order valence-corrected chi connectivity index (χ0v) is 16.4. The van der Waals surface area contributed by atoms with Crippen LogP contribution < -0.4 is 14.8 Å². The molecule has 1 aliphatic carbocycles. The third-order valence-corrected chi connectivity index (χ3v) is 4.94. The molecule has 6 heteroatoms. The molecule has 1 aromatic carbocycles. The summed E-state index contributed by atoms with van der Waals surface area (Å²) in [6, 6.07) is 8.87. The van der Waals surface area contributed by atoms with Gasteiger partial charge in [0.25, 0.3) is 0 Å². The van der Waals surface area contributed by atoms with E-state index in [2.05, 4.69) is 10.3 Å². The first-order valence-electron chi connectivity index (χ1n) is 9.62. The zero-order chi connectivity index (χ0) is 19.9. The summed E-state index contributed by atoms with van der Waals surface area (Å²) in [6.45, 7) is 1.84. The highest BCUT2D eigenvalue weighted by atomic mass is 16.5. The maximum absolute atomic E-state index is 12.5. The van der Waals surface area contributed by atoms with Gasteiger partial charge in [-0.25, -0.2) is 4.98 Å². The van der Waals surface area contributed by atoms with Crippen LogP contribution >= 0.6 is 0 Å². The predicted octanol–water partition coefficient (Wildman–Crippen LogP) is 3.47. The van der Waals surface area contributed by atoms with E-state index in [0.29, 0.717) is 29.3 Å². The van der Waals surface area contributed by atoms with E-state index in [-0.39, 0.29) is 24.2 Å². The van der Waals surface area contributed by atoms with Crippen molar-refractivity contribution >= 4 is 11.7 Å². The second-order valence-corrected chi connectivity index (χ2v) is 7.03. The fourth-order valence-corrected chi connectivity index (χ4v) is 3.39. The highest BCUT2D eigenvalue weighted by Gasteiger charge is 2.19. The molecule has 0 bridgehead atoms. The van der Waals surface area contributed by atoms with Gasteiger partial charge in [0.1, 0.15) is 11.9 Å². The van der Waals surface area contributed by atoms with E-state index >= 15 is 0 Å². The quantitative estimate of drug-likeness (QED) is 0.708. The monoisotopic (exact) mass is 382 g/mol. The van der Waals surface area contributed by atoms with Crippen molar-refractivity contribution in [2.45, 2.75) is 51.7 Å². The molecule has 1 fully saturated rings. The van der Waals surface area contributed by atoms with Crippen LogP contribution in [0.15, 0.2) is 36.5 Å². The molecule has 0 saturated heterocycles. The molecule has 0 spiro atoms. The van der Waals surface area contributed by atoms with E-state index in [1.807, 2.05) is 12.1 Å². The van der Waals surface area contributed by atoms with Crippen LogP contribution in [0.4, 0.5) is 0 Å². The normalized spacial score (nSPS) is 13.9. The lowest BCUT2D eigenvalue weighted by Gasteiger charge is -2.15. The molecule has 3 rings (SSSR count). The summed E-state index contributed by atoms with van der Waals surface area (Å²) in [7, 11) is 1.55. The average molecular weight is 382 g/mol. The van der Waals surface area contributed by atoms with Crippen LogP contribution in [0, 0.1) is 0 Å². The van der Waals surface area contributed by atoms with Gasteiger partial charge in [-0.2, -0.15) is 0 Å². The summed E-state index contributed by atoms with van der Waals surface area (Å²) in [4.78, 5) is 28.4. The number of rotatable bonds is 8. The largest absolute Gasteiger partial charge is 0.496 e. The average Bonchev–Trinajstić information content (AvgIpc) is 3.20. The van der Waals surface area contributed by atoms with Crippen LogP contribution in [-0.2, 0) is 17.8 Å². The minimum atomic E-state index is -0.158. The van der Waals surface area contributed by atoms with Crippen molar-refractivity contribution in [3.63, 3.8) is 0 Å². The first kappa shape index (κ1) is 19.9. The molecule has 0 atom stereocenters. The lowest BCUT2D eigenvalue weighted by molar-refractivity contribution is -0.120. The Labute approximate surface area is 165 Å². The number of carbonyl (C=O) groups is 2.